The minimum Gasteiger partial charge on any atom is -0.372 e. The topological polar surface area (TPSA) is 35.2 Å². The summed E-state index contributed by atoms with van der Waals surface area (Å²) in [5, 5.41) is 0. The smallest absolute Gasteiger partial charge is 0.0687 e. The second kappa shape index (κ2) is 5.10. The zero-order chi connectivity index (χ0) is 14.3. The van der Waals surface area contributed by atoms with Crippen LogP contribution in [0, 0.1) is 0 Å². The highest BCUT2D eigenvalue weighted by Gasteiger charge is 2.44. The number of nitrogens with two attached hydrogens (primary N) is 1. The lowest BCUT2D eigenvalue weighted by atomic mass is 9.82. The first kappa shape index (κ1) is 13.8. The number of benzene rings is 1. The highest BCUT2D eigenvalue weighted by Crippen LogP contribution is 2.46. The zero-order valence-electron chi connectivity index (χ0n) is 12.9. The molecule has 1 aromatic rings. The van der Waals surface area contributed by atoms with E-state index in [0.29, 0.717) is 6.10 Å². The van der Waals surface area contributed by atoms with Crippen LogP contribution in [-0.2, 0) is 16.7 Å². The van der Waals surface area contributed by atoms with Crippen LogP contribution in [0.25, 0.3) is 0 Å². The fourth-order valence-corrected chi connectivity index (χ4v) is 4.94. The van der Waals surface area contributed by atoms with Gasteiger partial charge in [0, 0.05) is 5.54 Å². The molecule has 2 nitrogen and oxygen atoms in total. The molecule has 1 aromatic carbocycles. The standard InChI is InChI=1S/C19H27NO/c20-19(13-8-15-6-2-3-7-17(15)19)14-16-9-12-18(21-16)10-4-1-5-11-18/h2-3,6-7,16H,1,4-5,8-14,20H2. The third-order valence-electron chi connectivity index (χ3n) is 6.09. The second-order valence-corrected chi connectivity index (χ2v) is 7.54. The second-order valence-electron chi connectivity index (χ2n) is 7.54. The van der Waals surface area contributed by atoms with Crippen LogP contribution in [-0.4, -0.2) is 11.7 Å². The van der Waals surface area contributed by atoms with Gasteiger partial charge in [-0.1, -0.05) is 43.5 Å². The van der Waals surface area contributed by atoms with Crippen molar-refractivity contribution in [2.45, 2.75) is 81.5 Å². The van der Waals surface area contributed by atoms with Gasteiger partial charge < -0.3 is 10.5 Å². The summed E-state index contributed by atoms with van der Waals surface area (Å²) in [5.41, 5.74) is 9.68. The van der Waals surface area contributed by atoms with E-state index in [0.717, 1.165) is 19.3 Å². The van der Waals surface area contributed by atoms with Gasteiger partial charge in [0.15, 0.2) is 0 Å². The first-order valence-electron chi connectivity index (χ1n) is 8.74. The fraction of sp³-hybridized carbons (Fsp3) is 0.684. The van der Waals surface area contributed by atoms with Crippen molar-refractivity contribution in [2.24, 2.45) is 5.73 Å². The van der Waals surface area contributed by atoms with Crippen molar-refractivity contribution in [3.05, 3.63) is 35.4 Å². The van der Waals surface area contributed by atoms with E-state index < -0.39 is 0 Å². The molecule has 2 unspecified atom stereocenters. The van der Waals surface area contributed by atoms with Gasteiger partial charge >= 0.3 is 0 Å². The summed E-state index contributed by atoms with van der Waals surface area (Å²) >= 11 is 0. The first-order valence-corrected chi connectivity index (χ1v) is 8.74. The molecule has 2 heteroatoms. The van der Waals surface area contributed by atoms with Crippen LogP contribution in [0.5, 0.6) is 0 Å². The van der Waals surface area contributed by atoms with E-state index in [9.17, 15) is 0 Å². The minimum atomic E-state index is -0.151. The lowest BCUT2D eigenvalue weighted by Gasteiger charge is -2.35. The van der Waals surface area contributed by atoms with Gasteiger partial charge in [-0.05, 0) is 56.1 Å². The van der Waals surface area contributed by atoms with E-state index in [1.165, 1.54) is 56.1 Å². The van der Waals surface area contributed by atoms with E-state index in [2.05, 4.69) is 24.3 Å². The Morgan fingerprint density at radius 2 is 1.86 bits per heavy atom. The number of hydrogen-bond donors (Lipinski definition) is 1. The number of ether oxygens (including phenoxy) is 1. The molecule has 2 N–H and O–H groups in total. The molecule has 4 rings (SSSR count). The largest absolute Gasteiger partial charge is 0.372 e. The molecule has 0 aromatic heterocycles. The summed E-state index contributed by atoms with van der Waals surface area (Å²) in [7, 11) is 0. The van der Waals surface area contributed by atoms with E-state index >= 15 is 0 Å². The Balaban J connectivity index is 1.48. The predicted octanol–water partition coefficient (Wildman–Crippen LogP) is 4.06. The molecule has 21 heavy (non-hydrogen) atoms. The predicted molar refractivity (Wildman–Crippen MR) is 85.2 cm³/mol. The molecule has 1 heterocycles. The van der Waals surface area contributed by atoms with E-state index in [1.54, 1.807) is 0 Å². The van der Waals surface area contributed by atoms with Gasteiger partial charge in [-0.15, -0.1) is 0 Å². The molecule has 0 bridgehead atoms. The van der Waals surface area contributed by atoms with E-state index in [-0.39, 0.29) is 11.1 Å². The zero-order valence-corrected chi connectivity index (χ0v) is 12.9. The molecule has 3 aliphatic rings. The van der Waals surface area contributed by atoms with Crippen molar-refractivity contribution >= 4 is 0 Å². The third kappa shape index (κ3) is 2.43. The van der Waals surface area contributed by atoms with Gasteiger partial charge in [0.05, 0.1) is 11.7 Å². The quantitative estimate of drug-likeness (QED) is 0.889. The van der Waals surface area contributed by atoms with Crippen molar-refractivity contribution < 1.29 is 4.74 Å². The lowest BCUT2D eigenvalue weighted by molar-refractivity contribution is -0.0715. The maximum absolute atomic E-state index is 6.79. The summed E-state index contributed by atoms with van der Waals surface area (Å²) in [6.07, 6.45) is 12.7. The van der Waals surface area contributed by atoms with Crippen LogP contribution < -0.4 is 5.73 Å². The summed E-state index contributed by atoms with van der Waals surface area (Å²) in [5.74, 6) is 0. The molecule has 114 valence electrons. The Hall–Kier alpha value is -0.860. The minimum absolute atomic E-state index is 0.151. The Kier molecular flexibility index (Phi) is 3.35. The normalized spacial score (nSPS) is 34.2. The van der Waals surface area contributed by atoms with Crippen LogP contribution in [0.1, 0.15) is 68.9 Å². The Morgan fingerprint density at radius 1 is 1.05 bits per heavy atom. The van der Waals surface area contributed by atoms with Gasteiger partial charge in [-0.2, -0.15) is 0 Å². The molecule has 1 saturated heterocycles. The maximum Gasteiger partial charge on any atom is 0.0687 e. The number of rotatable bonds is 2. The summed E-state index contributed by atoms with van der Waals surface area (Å²) in [6.45, 7) is 0. The molecular weight excluding hydrogens is 258 g/mol. The molecule has 1 aliphatic heterocycles. The van der Waals surface area contributed by atoms with Crippen molar-refractivity contribution in [3.63, 3.8) is 0 Å². The molecule has 2 atom stereocenters. The van der Waals surface area contributed by atoms with E-state index in [4.69, 9.17) is 10.5 Å². The maximum atomic E-state index is 6.79. The van der Waals surface area contributed by atoms with E-state index in [1.807, 2.05) is 0 Å². The van der Waals surface area contributed by atoms with Gasteiger partial charge in [0.25, 0.3) is 0 Å². The fourth-order valence-electron chi connectivity index (χ4n) is 4.94. The van der Waals surface area contributed by atoms with Crippen LogP contribution in [0.2, 0.25) is 0 Å². The highest BCUT2D eigenvalue weighted by atomic mass is 16.5. The molecular formula is C19H27NO. The summed E-state index contributed by atoms with van der Waals surface area (Å²) in [6, 6.07) is 8.73. The molecule has 1 spiro atoms. The molecule has 2 fully saturated rings. The van der Waals surface area contributed by atoms with Gasteiger partial charge in [-0.3, -0.25) is 0 Å². The van der Waals surface area contributed by atoms with Gasteiger partial charge in [0.1, 0.15) is 0 Å². The SMILES string of the molecule is NC1(CC2CCC3(CCCCC3)O2)CCc2ccccc21. The lowest BCUT2D eigenvalue weighted by Crippen LogP contribution is -2.39. The van der Waals surface area contributed by atoms with Crippen molar-refractivity contribution in [1.82, 2.24) is 0 Å². The van der Waals surface area contributed by atoms with Crippen molar-refractivity contribution in [2.75, 3.05) is 0 Å². The highest BCUT2D eigenvalue weighted by molar-refractivity contribution is 5.38. The summed E-state index contributed by atoms with van der Waals surface area (Å²) < 4.78 is 6.55. The monoisotopic (exact) mass is 285 g/mol. The Bertz CT molecular complexity index is 520. The number of fused-ring (bicyclic) bond motifs is 1. The Morgan fingerprint density at radius 3 is 2.71 bits per heavy atom. The van der Waals surface area contributed by atoms with Crippen LogP contribution in [0.15, 0.2) is 24.3 Å². The average molecular weight is 285 g/mol. The molecule has 0 amide bonds. The van der Waals surface area contributed by atoms with Crippen molar-refractivity contribution in [3.8, 4) is 0 Å². The van der Waals surface area contributed by atoms with Gasteiger partial charge in [-0.25, -0.2) is 0 Å². The van der Waals surface area contributed by atoms with Gasteiger partial charge in [0.2, 0.25) is 0 Å². The van der Waals surface area contributed by atoms with Crippen LogP contribution in [0.4, 0.5) is 0 Å². The number of aryl methyl sites for hydroxylation is 1. The molecule has 2 aliphatic carbocycles. The van der Waals surface area contributed by atoms with Crippen LogP contribution >= 0.6 is 0 Å². The number of hydrogen-bond acceptors (Lipinski definition) is 2. The van der Waals surface area contributed by atoms with Crippen LogP contribution in [0.3, 0.4) is 0 Å². The van der Waals surface area contributed by atoms with Crippen molar-refractivity contribution in [1.29, 1.82) is 0 Å². The third-order valence-corrected chi connectivity index (χ3v) is 6.09. The Labute approximate surface area is 128 Å². The molecule has 0 radical (unpaired) electrons. The first-order chi connectivity index (χ1) is 10.2. The average Bonchev–Trinajstić information content (AvgIpc) is 3.03. The molecule has 1 saturated carbocycles. The summed E-state index contributed by atoms with van der Waals surface area (Å²) in [4.78, 5) is 0.